The Hall–Kier alpha value is -5.72. The zero-order chi connectivity index (χ0) is 53.9. The second-order valence-corrected chi connectivity index (χ2v) is 24.7. The Morgan fingerprint density at radius 3 is 2.37 bits per heavy atom. The zero-order valence-corrected chi connectivity index (χ0v) is 45.7. The van der Waals surface area contributed by atoms with E-state index in [1.165, 1.54) is 57.8 Å². The van der Waals surface area contributed by atoms with Crippen molar-refractivity contribution in [3.63, 3.8) is 0 Å². The molecule has 5 aromatic carbocycles. The fourth-order valence-electron chi connectivity index (χ4n) is 16.5. The summed E-state index contributed by atoms with van der Waals surface area (Å²) in [5.74, 6) is 8.59. The van der Waals surface area contributed by atoms with Crippen LogP contribution in [-0.4, -0.2) is 95.6 Å². The molecule has 13 heteroatoms. The average molecular weight is 1080 g/mol. The van der Waals surface area contributed by atoms with Gasteiger partial charge in [0, 0.05) is 84.0 Å². The summed E-state index contributed by atoms with van der Waals surface area (Å²) in [4.78, 5) is 0. The summed E-state index contributed by atoms with van der Waals surface area (Å²) in [6, 6.07) is 23.4. The van der Waals surface area contributed by atoms with E-state index < -0.39 is 36.3 Å². The Bertz CT molecular complexity index is 3110. The van der Waals surface area contributed by atoms with Gasteiger partial charge in [0.2, 0.25) is 0 Å². The van der Waals surface area contributed by atoms with Crippen LogP contribution in [0.5, 0.6) is 40.2 Å². The highest BCUT2D eigenvalue weighted by molar-refractivity contribution is 5.96. The van der Waals surface area contributed by atoms with Crippen molar-refractivity contribution in [2.24, 2.45) is 28.6 Å². The summed E-state index contributed by atoms with van der Waals surface area (Å²) in [7, 11) is 1.71. The lowest BCUT2D eigenvalue weighted by molar-refractivity contribution is -0.151. The third-order valence-electron chi connectivity index (χ3n) is 20.0. The normalized spacial score (nSPS) is 29.5. The molecule has 4 saturated carbocycles. The lowest BCUT2D eigenvalue weighted by atomic mass is 9.71. The first-order valence-corrected chi connectivity index (χ1v) is 29.7. The molecule has 4 aliphatic carbocycles. The van der Waals surface area contributed by atoms with Crippen LogP contribution in [0, 0.1) is 40.4 Å². The Kier molecular flexibility index (Phi) is 14.4. The van der Waals surface area contributed by atoms with E-state index in [0.717, 1.165) is 65.3 Å². The molecule has 1 saturated heterocycles. The van der Waals surface area contributed by atoms with E-state index in [1.54, 1.807) is 43.5 Å². The molecule has 4 heterocycles. The molecule has 0 aromatic heterocycles. The number of phenols is 3. The smallest absolute Gasteiger partial charge is 0.149 e. The monoisotopic (exact) mass is 1070 g/mol. The van der Waals surface area contributed by atoms with Gasteiger partial charge in [-0.25, -0.2) is 0 Å². The number of aliphatic hydroxyl groups is 2. The highest BCUT2D eigenvalue weighted by atomic mass is 16.5. The maximum atomic E-state index is 13.5. The molecule has 3 spiro atoms. The SMILES string of the molecule is COCCCC1Oc2c3cc(c4cc(O)ccc24)OCC#CC2CNC4(CC5(CCCC5)CC45CCCC5)NC2C(CCO)OC3C1C1COc2c(Cc3cc(O)ccc3-c3cccc(O)c3)cc(OC3CCCC3)cc2C1O. The van der Waals surface area contributed by atoms with Gasteiger partial charge in [0.1, 0.15) is 53.0 Å². The van der Waals surface area contributed by atoms with Crippen LogP contribution < -0.4 is 29.6 Å². The summed E-state index contributed by atoms with van der Waals surface area (Å²) in [6.45, 7) is 1.35. The van der Waals surface area contributed by atoms with E-state index >= 15 is 0 Å². The number of hydrogen-bond donors (Lipinski definition) is 7. The molecule has 13 rings (SSSR count). The van der Waals surface area contributed by atoms with Crippen LogP contribution in [0.4, 0.5) is 0 Å². The maximum absolute atomic E-state index is 13.5. The summed E-state index contributed by atoms with van der Waals surface area (Å²) in [5, 5.41) is 67.2. The molecule has 0 radical (unpaired) electrons. The number of nitrogens with one attached hydrogen (secondary N) is 2. The molecular formula is C66H78N2O11. The van der Waals surface area contributed by atoms with E-state index in [0.29, 0.717) is 78.2 Å². The zero-order valence-electron chi connectivity index (χ0n) is 45.7. The van der Waals surface area contributed by atoms with E-state index in [2.05, 4.69) is 22.5 Å². The van der Waals surface area contributed by atoms with Gasteiger partial charge >= 0.3 is 0 Å². The van der Waals surface area contributed by atoms with Crippen molar-refractivity contribution in [3.05, 3.63) is 101 Å². The molecule has 7 N–H and O–H groups in total. The Labute approximate surface area is 464 Å². The van der Waals surface area contributed by atoms with Gasteiger partial charge in [-0.15, -0.1) is 0 Å². The number of methoxy groups -OCH3 is 1. The molecule has 2 bridgehead atoms. The largest absolute Gasteiger partial charge is 0.508 e. The number of phenolic OH excluding ortho intramolecular Hbond substituents is 3. The molecule has 0 amide bonds. The fourth-order valence-corrected chi connectivity index (χ4v) is 16.5. The molecule has 79 heavy (non-hydrogen) atoms. The van der Waals surface area contributed by atoms with Crippen molar-refractivity contribution in [2.75, 3.05) is 40.1 Å². The lowest BCUT2D eigenvalue weighted by Crippen LogP contribution is -2.74. The topological polar surface area (TPSA) is 181 Å². The molecule has 13 nitrogen and oxygen atoms in total. The van der Waals surface area contributed by atoms with Crippen molar-refractivity contribution in [1.82, 2.24) is 10.6 Å². The predicted molar refractivity (Wildman–Crippen MR) is 301 cm³/mol. The second-order valence-electron chi connectivity index (χ2n) is 24.7. The van der Waals surface area contributed by atoms with Crippen molar-refractivity contribution in [2.45, 2.75) is 158 Å². The number of rotatable bonds is 12. The molecule has 9 atom stereocenters. The number of aromatic hydroxyl groups is 3. The molecule has 5 fully saturated rings. The fraction of sp³-hybridized carbons (Fsp3) is 0.545. The molecule has 8 aliphatic rings. The van der Waals surface area contributed by atoms with Crippen LogP contribution in [0.1, 0.15) is 144 Å². The molecular weight excluding hydrogens is 997 g/mol. The molecule has 5 aromatic rings. The van der Waals surface area contributed by atoms with Crippen LogP contribution in [0.25, 0.3) is 21.9 Å². The second kappa shape index (κ2) is 21.6. The first kappa shape index (κ1) is 52.6. The Morgan fingerprint density at radius 2 is 1.56 bits per heavy atom. The number of fused-ring (bicyclic) bond motifs is 7. The van der Waals surface area contributed by atoms with Crippen LogP contribution in [0.3, 0.4) is 0 Å². The minimum absolute atomic E-state index is 0.0364. The molecule has 4 aliphatic heterocycles. The maximum Gasteiger partial charge on any atom is 0.149 e. The van der Waals surface area contributed by atoms with Crippen molar-refractivity contribution >= 4 is 10.8 Å². The van der Waals surface area contributed by atoms with Gasteiger partial charge < -0.3 is 54.0 Å². The summed E-state index contributed by atoms with van der Waals surface area (Å²) < 4.78 is 41.6. The van der Waals surface area contributed by atoms with E-state index in [-0.39, 0.29) is 66.2 Å². The van der Waals surface area contributed by atoms with Gasteiger partial charge in [0.05, 0.1) is 42.6 Å². The van der Waals surface area contributed by atoms with Gasteiger partial charge in [-0.2, -0.15) is 0 Å². The standard InChI is InChI=1S/C66H78N2O11/c1-74-27-10-16-55-58(54-37-76-61-43(32-48(34-52(61)60(54)73)77-47-14-2-3-15-47)29-42-31-45(71)17-19-49(42)40-11-8-13-44(70)30-40)63-53-35-57(51-33-46(72)18-20-50(51)62(53)78-55)75-28-9-12-41-36-67-66(68-59(41)56(79-63)21-26-69)39-64(22-4-5-23-64)38-65(66)24-6-7-25-65/h8,11,13,17-20,30-35,41,47,54-56,58-60,63,67-73H,2-7,10,14-16,21-29,36-39H2,1H3. The van der Waals surface area contributed by atoms with Crippen molar-refractivity contribution in [3.8, 4) is 63.2 Å². The van der Waals surface area contributed by atoms with Crippen molar-refractivity contribution < 1.29 is 54.0 Å². The first-order chi connectivity index (χ1) is 38.5. The highest BCUT2D eigenvalue weighted by Crippen LogP contribution is 2.67. The van der Waals surface area contributed by atoms with E-state index in [1.807, 2.05) is 42.5 Å². The quantitative estimate of drug-likeness (QED) is 0.0464. The average Bonchev–Trinajstić information content (AvgIpc) is 4.48. The van der Waals surface area contributed by atoms with Gasteiger partial charge in [0.25, 0.3) is 0 Å². The van der Waals surface area contributed by atoms with Gasteiger partial charge in [-0.1, -0.05) is 55.7 Å². The molecule has 9 unspecified atom stereocenters. The van der Waals surface area contributed by atoms with Crippen LogP contribution in [0.2, 0.25) is 0 Å². The number of hydrogen-bond acceptors (Lipinski definition) is 13. The number of aliphatic hydroxyl groups excluding tert-OH is 2. The van der Waals surface area contributed by atoms with Crippen LogP contribution in [-0.2, 0) is 15.9 Å². The van der Waals surface area contributed by atoms with Gasteiger partial charge in [0.15, 0.2) is 0 Å². The third kappa shape index (κ3) is 9.76. The van der Waals surface area contributed by atoms with Gasteiger partial charge in [-0.05, 0) is 166 Å². The number of benzene rings is 5. The minimum Gasteiger partial charge on any atom is -0.508 e. The summed E-state index contributed by atoms with van der Waals surface area (Å²) in [6.07, 6.45) is 15.5. The Morgan fingerprint density at radius 1 is 0.759 bits per heavy atom. The van der Waals surface area contributed by atoms with Crippen LogP contribution in [0.15, 0.2) is 78.9 Å². The first-order valence-electron chi connectivity index (χ1n) is 29.7. The van der Waals surface area contributed by atoms with Crippen LogP contribution >= 0.6 is 0 Å². The van der Waals surface area contributed by atoms with E-state index in [9.17, 15) is 25.5 Å². The van der Waals surface area contributed by atoms with E-state index in [4.69, 9.17) is 28.4 Å². The molecule has 418 valence electrons. The Balaban J connectivity index is 0.938. The highest BCUT2D eigenvalue weighted by Gasteiger charge is 2.66. The predicted octanol–water partition coefficient (Wildman–Crippen LogP) is 11.1. The summed E-state index contributed by atoms with van der Waals surface area (Å²) in [5.41, 5.74) is 4.78. The number of ether oxygens (including phenoxy) is 6. The summed E-state index contributed by atoms with van der Waals surface area (Å²) >= 11 is 0. The minimum atomic E-state index is -1.07. The van der Waals surface area contributed by atoms with Crippen molar-refractivity contribution in [1.29, 1.82) is 0 Å². The third-order valence-corrected chi connectivity index (χ3v) is 20.0. The lowest BCUT2D eigenvalue weighted by Gasteiger charge is -2.54. The van der Waals surface area contributed by atoms with Gasteiger partial charge in [-0.3, -0.25) is 10.6 Å².